The fourth-order valence-corrected chi connectivity index (χ4v) is 16.6. The van der Waals surface area contributed by atoms with E-state index < -0.39 is 65.3 Å². The Bertz CT molecular complexity index is 3520. The molecule has 0 saturated heterocycles. The Morgan fingerprint density at radius 2 is 1.66 bits per heavy atom. The Kier molecular flexibility index (Phi) is 14.4. The second kappa shape index (κ2) is 21.7. The van der Waals surface area contributed by atoms with Gasteiger partial charge in [0, 0.05) is 78.9 Å². The lowest BCUT2D eigenvalue weighted by Gasteiger charge is -2.45. The summed E-state index contributed by atoms with van der Waals surface area (Å²) in [7, 11) is 1.87. The summed E-state index contributed by atoms with van der Waals surface area (Å²) in [4.78, 5) is 39.2. The van der Waals surface area contributed by atoms with Gasteiger partial charge in [-0.2, -0.15) is 0 Å². The number of H-pyrrole nitrogens is 2. The van der Waals surface area contributed by atoms with E-state index in [1.54, 1.807) is 36.4 Å². The number of phenols is 2. The first-order valence-corrected chi connectivity index (χ1v) is 30.2. The maximum Gasteiger partial charge on any atom is 0.163 e. The molecule has 0 amide bonds. The Labute approximate surface area is 480 Å². The summed E-state index contributed by atoms with van der Waals surface area (Å²) in [5, 5.41) is 81.3. The molecule has 2 aliphatic heterocycles. The molecule has 8 aliphatic rings. The van der Waals surface area contributed by atoms with Crippen LogP contribution in [0.3, 0.4) is 0 Å². The molecule has 3 aromatic carbocycles. The number of phenolic OH excluding ortho intramolecular Hbond substituents is 2. The topological polar surface area (TPSA) is 220 Å². The second-order valence-electron chi connectivity index (χ2n) is 25.2. The third-order valence-corrected chi connectivity index (χ3v) is 20.7. The number of carbonyl (C=O) groups excluding carboxylic acids is 2. The summed E-state index contributed by atoms with van der Waals surface area (Å²) in [5.41, 5.74) is 6.04. The van der Waals surface area contributed by atoms with Crippen molar-refractivity contribution in [1.29, 1.82) is 0 Å². The van der Waals surface area contributed by atoms with Crippen LogP contribution in [-0.2, 0) is 34.3 Å². The molecule has 2 aromatic heterocycles. The van der Waals surface area contributed by atoms with Crippen LogP contribution in [0.25, 0.3) is 11.6 Å². The zero-order chi connectivity index (χ0) is 56.5. The highest BCUT2D eigenvalue weighted by molar-refractivity contribution is 6.06. The van der Waals surface area contributed by atoms with Crippen LogP contribution in [0.1, 0.15) is 164 Å². The maximum absolute atomic E-state index is 16.7. The van der Waals surface area contributed by atoms with Crippen molar-refractivity contribution in [2.75, 3.05) is 25.5 Å². The number of allylic oxidation sites excluding steroid dienone is 1. The van der Waals surface area contributed by atoms with Crippen LogP contribution in [0.2, 0.25) is 0 Å². The number of hydrogen-bond acceptors (Lipinski definition) is 11. The summed E-state index contributed by atoms with van der Waals surface area (Å²) < 4.78 is 6.57. The summed E-state index contributed by atoms with van der Waals surface area (Å²) in [6.45, 7) is -0.115. The molecule has 6 aliphatic carbocycles. The molecule has 5 aromatic rings. The highest BCUT2D eigenvalue weighted by atomic mass is 16.5. The summed E-state index contributed by atoms with van der Waals surface area (Å²) in [6.07, 6.45) is 15.2. The number of aryl methyl sites for hydroxylation is 2. The Morgan fingerprint density at radius 3 is 2.48 bits per heavy atom. The third-order valence-electron chi connectivity index (χ3n) is 20.7. The van der Waals surface area contributed by atoms with E-state index in [1.165, 1.54) is 0 Å². The molecule has 13 heteroatoms. The van der Waals surface area contributed by atoms with E-state index in [0.29, 0.717) is 53.9 Å². The maximum atomic E-state index is 16.7. The van der Waals surface area contributed by atoms with Gasteiger partial charge in [-0.1, -0.05) is 79.0 Å². The van der Waals surface area contributed by atoms with Crippen molar-refractivity contribution in [3.8, 4) is 40.9 Å². The molecular weight excluding hydrogens is 1030 g/mol. The monoisotopic (exact) mass is 1100 g/mol. The minimum Gasteiger partial charge on any atom is -0.507 e. The zero-order valence-electron chi connectivity index (χ0n) is 46.8. The van der Waals surface area contributed by atoms with Crippen LogP contribution < -0.4 is 15.4 Å². The van der Waals surface area contributed by atoms with Crippen LogP contribution in [0, 0.1) is 52.8 Å². The van der Waals surface area contributed by atoms with Crippen LogP contribution >= 0.6 is 0 Å². The first-order chi connectivity index (χ1) is 39.8. The molecular formula is C69H76N4O9. The highest BCUT2D eigenvalue weighted by Gasteiger charge is 2.62. The van der Waals surface area contributed by atoms with Gasteiger partial charge in [0.15, 0.2) is 17.3 Å². The number of ketones is 2. The first kappa shape index (κ1) is 54.4. The zero-order valence-corrected chi connectivity index (χ0v) is 46.8. The second-order valence-corrected chi connectivity index (χ2v) is 25.2. The number of aromatic nitrogens is 2. The van der Waals surface area contributed by atoms with Crippen LogP contribution in [0.5, 0.6) is 17.2 Å². The lowest BCUT2D eigenvalue weighted by atomic mass is 9.59. The molecule has 13 nitrogen and oxygen atoms in total. The molecule has 10 atom stereocenters. The Morgan fingerprint density at radius 1 is 0.829 bits per heavy atom. The molecule has 10 N–H and O–H groups in total. The van der Waals surface area contributed by atoms with Gasteiger partial charge < -0.3 is 56.0 Å². The minimum atomic E-state index is -1.50. The van der Waals surface area contributed by atoms with Crippen LogP contribution in [0.4, 0.5) is 5.82 Å². The highest BCUT2D eigenvalue weighted by Crippen LogP contribution is 2.65. The number of benzene rings is 3. The molecule has 0 radical (unpaired) electrons. The number of aromatic amines is 2. The molecule has 13 rings (SSSR count). The fraction of sp³-hybridized carbons (Fsp3) is 0.478. The normalized spacial score (nSPS) is 30.0. The van der Waals surface area contributed by atoms with E-state index in [9.17, 15) is 30.6 Å². The summed E-state index contributed by atoms with van der Waals surface area (Å²) >= 11 is 0. The quantitative estimate of drug-likeness (QED) is 0.0521. The number of nitrogens with one attached hydrogen (secondary N) is 4. The number of ether oxygens (including phenoxy) is 1. The number of fused-ring (bicyclic) bond motifs is 9. The SMILES string of the molecule is CNCC1C#CC2Nc3[nH]ccc3Cc3cc4ccc3C3(CCC5(CCCC5)C3C#CCC3=C2C(C(=O)C(CCO)C(=O)CCc2cc(OC5CCCC5)c(O)c(c2)C4O)C(CC2(O)C=Cc4c(O)cccc4CC2)c2cc[nH]c23)C1O. The molecule has 3 saturated carbocycles. The van der Waals surface area contributed by atoms with Crippen molar-refractivity contribution in [1.82, 2.24) is 15.3 Å². The van der Waals surface area contributed by atoms with E-state index >= 15 is 9.59 Å². The molecule has 10 unspecified atom stereocenters. The van der Waals surface area contributed by atoms with Crippen molar-refractivity contribution in [2.45, 2.75) is 157 Å². The number of Topliss-reactive ketones (excluding diaryl/α,β-unsaturated/α-hetero) is 2. The standard InChI is InChI=1S/C69H76N4O9/c1-70-39-44-16-18-54-59-50-11-7-13-58-67(25-4-5-26-67)29-30-69(58,65(44)80)53-17-15-42(36-45(53)37-43-22-31-72-66(43)73-54)62(77)51-34-40(35-57(63(51)78)82-46-9-2-3-10-46)14-19-56(76)49(24-33-74)64(79)60(59)52(48-23-32-71-61(48)50)38-68(81)27-20-41-8-6-12-55(75)47(41)21-28-68/h6,8,12,15,17,21-23,28,31-32,34-36,44,46,49,52,54,58,60,62,65,70-75,77-78,80-81H,2-5,9-11,14,19-20,24-27,29-30,33,37-39H2,1H3. The predicted molar refractivity (Wildman–Crippen MR) is 314 cm³/mol. The largest absolute Gasteiger partial charge is 0.507 e. The van der Waals surface area contributed by atoms with E-state index in [-0.39, 0.29) is 84.6 Å². The number of aliphatic hydroxyl groups excluding tert-OH is 3. The molecule has 3 fully saturated rings. The number of rotatable bonds is 8. The van der Waals surface area contributed by atoms with E-state index in [2.05, 4.69) is 50.3 Å². The summed E-state index contributed by atoms with van der Waals surface area (Å²) in [5.74, 6) is 11.1. The lowest BCUT2D eigenvalue weighted by Crippen LogP contribution is -2.51. The van der Waals surface area contributed by atoms with Crippen molar-refractivity contribution in [2.24, 2.45) is 29.1 Å². The van der Waals surface area contributed by atoms with Gasteiger partial charge in [0.05, 0.1) is 35.6 Å². The fourth-order valence-electron chi connectivity index (χ4n) is 16.6. The van der Waals surface area contributed by atoms with Crippen molar-refractivity contribution in [3.63, 3.8) is 0 Å². The van der Waals surface area contributed by atoms with Crippen LogP contribution in [0.15, 0.2) is 84.7 Å². The van der Waals surface area contributed by atoms with Gasteiger partial charge >= 0.3 is 0 Å². The van der Waals surface area contributed by atoms with Crippen LogP contribution in [-0.4, -0.2) is 96.2 Å². The number of anilines is 1. The number of aromatic hydroxyl groups is 2. The van der Waals surface area contributed by atoms with Crippen molar-refractivity contribution in [3.05, 3.63) is 140 Å². The van der Waals surface area contributed by atoms with Gasteiger partial charge in [-0.05, 0) is 176 Å². The van der Waals surface area contributed by atoms with E-state index in [1.807, 2.05) is 49.8 Å². The van der Waals surface area contributed by atoms with Gasteiger partial charge in [0.1, 0.15) is 29.5 Å². The smallest absolute Gasteiger partial charge is 0.163 e. The van der Waals surface area contributed by atoms with Gasteiger partial charge in [-0.3, -0.25) is 9.59 Å². The molecule has 6 bridgehead atoms. The predicted octanol–water partition coefficient (Wildman–Crippen LogP) is 9.39. The van der Waals surface area contributed by atoms with E-state index in [4.69, 9.17) is 4.74 Å². The van der Waals surface area contributed by atoms with Gasteiger partial charge in [-0.15, -0.1) is 0 Å². The number of carbonyl (C=O) groups is 2. The lowest BCUT2D eigenvalue weighted by molar-refractivity contribution is -0.135. The van der Waals surface area contributed by atoms with Gasteiger partial charge in [0.2, 0.25) is 0 Å². The van der Waals surface area contributed by atoms with Gasteiger partial charge in [0.25, 0.3) is 0 Å². The molecule has 2 spiro atoms. The van der Waals surface area contributed by atoms with E-state index in [0.717, 1.165) is 96.9 Å². The number of hydrogen-bond donors (Lipinski definition) is 10. The molecule has 82 heavy (non-hydrogen) atoms. The molecule has 426 valence electrons. The Hall–Kier alpha value is -6.84. The molecule has 4 heterocycles. The van der Waals surface area contributed by atoms with Crippen molar-refractivity contribution >= 4 is 29.0 Å². The van der Waals surface area contributed by atoms with Gasteiger partial charge in [-0.25, -0.2) is 0 Å². The summed E-state index contributed by atoms with van der Waals surface area (Å²) in [6, 6.07) is 18.1. The minimum absolute atomic E-state index is 0.0611. The average molecular weight is 1110 g/mol. The third kappa shape index (κ3) is 9.32. The average Bonchev–Trinajstić information content (AvgIpc) is 2.92. The van der Waals surface area contributed by atoms with Crippen molar-refractivity contribution < 1.29 is 45.0 Å². The number of aliphatic hydroxyl groups is 4. The Balaban J connectivity index is 1.09. The first-order valence-electron chi connectivity index (χ1n) is 30.2.